The Labute approximate surface area is 132 Å². The van der Waals surface area contributed by atoms with E-state index in [0.29, 0.717) is 5.56 Å². The summed E-state index contributed by atoms with van der Waals surface area (Å²) >= 11 is 0. The third kappa shape index (κ3) is 3.55. The quantitative estimate of drug-likeness (QED) is 0.847. The van der Waals surface area contributed by atoms with Gasteiger partial charge in [-0.2, -0.15) is 0 Å². The van der Waals surface area contributed by atoms with Crippen molar-refractivity contribution in [2.75, 3.05) is 12.4 Å². The van der Waals surface area contributed by atoms with Crippen molar-refractivity contribution < 1.29 is 24.2 Å². The fourth-order valence-electron chi connectivity index (χ4n) is 2.08. The van der Waals surface area contributed by atoms with Gasteiger partial charge in [-0.1, -0.05) is 18.2 Å². The number of amides is 1. The molecular formula is C17H15NO5. The summed E-state index contributed by atoms with van der Waals surface area (Å²) in [5.74, 6) is -2.29. The first-order valence-corrected chi connectivity index (χ1v) is 6.76. The van der Waals surface area contributed by atoms with Gasteiger partial charge in [0, 0.05) is 5.56 Å². The van der Waals surface area contributed by atoms with Crippen LogP contribution in [-0.4, -0.2) is 30.1 Å². The van der Waals surface area contributed by atoms with E-state index in [2.05, 4.69) is 10.1 Å². The minimum Gasteiger partial charge on any atom is -0.478 e. The minimum atomic E-state index is -1.17. The van der Waals surface area contributed by atoms with Crippen LogP contribution in [-0.2, 0) is 4.74 Å². The van der Waals surface area contributed by atoms with Crippen molar-refractivity contribution in [3.63, 3.8) is 0 Å². The van der Waals surface area contributed by atoms with Crippen molar-refractivity contribution in [3.05, 3.63) is 64.7 Å². The van der Waals surface area contributed by atoms with E-state index < -0.39 is 17.8 Å². The largest absolute Gasteiger partial charge is 0.478 e. The molecule has 1 amide bonds. The lowest BCUT2D eigenvalue weighted by Crippen LogP contribution is -2.17. The number of aryl methyl sites for hydroxylation is 1. The molecule has 0 saturated carbocycles. The minimum absolute atomic E-state index is 0.0191. The Bertz CT molecular complexity index is 782. The first-order valence-electron chi connectivity index (χ1n) is 6.76. The number of carbonyl (C=O) groups is 3. The van der Waals surface area contributed by atoms with Gasteiger partial charge in [0.15, 0.2) is 0 Å². The number of esters is 1. The first kappa shape index (κ1) is 16.2. The molecule has 2 rings (SSSR count). The van der Waals surface area contributed by atoms with E-state index in [9.17, 15) is 14.4 Å². The summed E-state index contributed by atoms with van der Waals surface area (Å²) in [4.78, 5) is 35.2. The third-order valence-electron chi connectivity index (χ3n) is 3.31. The van der Waals surface area contributed by atoms with Crippen molar-refractivity contribution in [2.45, 2.75) is 6.92 Å². The zero-order valence-corrected chi connectivity index (χ0v) is 12.6. The van der Waals surface area contributed by atoms with Crippen molar-refractivity contribution in [1.82, 2.24) is 0 Å². The molecule has 23 heavy (non-hydrogen) atoms. The second kappa shape index (κ2) is 6.74. The molecule has 0 saturated heterocycles. The zero-order valence-electron chi connectivity index (χ0n) is 12.6. The Balaban J connectivity index is 2.39. The summed E-state index contributed by atoms with van der Waals surface area (Å²) in [5.41, 5.74) is 1.35. The topological polar surface area (TPSA) is 92.7 Å². The lowest BCUT2D eigenvalue weighted by atomic mass is 10.1. The third-order valence-corrected chi connectivity index (χ3v) is 3.31. The van der Waals surface area contributed by atoms with Gasteiger partial charge in [-0.15, -0.1) is 0 Å². The molecule has 0 aromatic heterocycles. The molecule has 2 N–H and O–H groups in total. The van der Waals surface area contributed by atoms with Crippen molar-refractivity contribution in [1.29, 1.82) is 0 Å². The molecule has 118 valence electrons. The van der Waals surface area contributed by atoms with Crippen LogP contribution in [0.5, 0.6) is 0 Å². The molecule has 0 atom stereocenters. The fourth-order valence-corrected chi connectivity index (χ4v) is 2.08. The molecule has 0 heterocycles. The predicted molar refractivity (Wildman–Crippen MR) is 83.9 cm³/mol. The van der Waals surface area contributed by atoms with Gasteiger partial charge in [0.25, 0.3) is 5.91 Å². The van der Waals surface area contributed by atoms with E-state index in [1.807, 2.05) is 6.07 Å². The molecular weight excluding hydrogens is 298 g/mol. The number of carboxylic acids is 1. The highest BCUT2D eigenvalue weighted by atomic mass is 16.5. The normalized spacial score (nSPS) is 10.0. The number of nitrogens with one attached hydrogen (secondary N) is 1. The Morgan fingerprint density at radius 1 is 1.04 bits per heavy atom. The Morgan fingerprint density at radius 3 is 2.35 bits per heavy atom. The van der Waals surface area contributed by atoms with Gasteiger partial charge < -0.3 is 15.2 Å². The lowest BCUT2D eigenvalue weighted by Gasteiger charge is -2.11. The Morgan fingerprint density at radius 2 is 1.74 bits per heavy atom. The molecule has 0 aliphatic heterocycles. The number of benzene rings is 2. The summed E-state index contributed by atoms with van der Waals surface area (Å²) in [7, 11) is 1.18. The van der Waals surface area contributed by atoms with E-state index in [-0.39, 0.29) is 16.8 Å². The van der Waals surface area contributed by atoms with Gasteiger partial charge >= 0.3 is 11.9 Å². The molecule has 0 bridgehead atoms. The van der Waals surface area contributed by atoms with Gasteiger partial charge in [0.2, 0.25) is 0 Å². The van der Waals surface area contributed by atoms with Crippen LogP contribution in [0.1, 0.15) is 36.6 Å². The highest BCUT2D eigenvalue weighted by Crippen LogP contribution is 2.20. The summed E-state index contributed by atoms with van der Waals surface area (Å²) < 4.78 is 4.64. The van der Waals surface area contributed by atoms with E-state index in [1.165, 1.54) is 25.3 Å². The van der Waals surface area contributed by atoms with Crippen LogP contribution < -0.4 is 5.32 Å². The van der Waals surface area contributed by atoms with Crippen molar-refractivity contribution in [2.24, 2.45) is 0 Å². The fraction of sp³-hybridized carbons (Fsp3) is 0.118. The number of rotatable bonds is 4. The zero-order chi connectivity index (χ0) is 17.0. The van der Waals surface area contributed by atoms with Crippen molar-refractivity contribution >= 4 is 23.5 Å². The lowest BCUT2D eigenvalue weighted by molar-refractivity contribution is 0.0602. The second-order valence-electron chi connectivity index (χ2n) is 4.83. The SMILES string of the molecule is COC(=O)c1cc(C(=O)O)ccc1NC(=O)c1ccccc1C. The first-order chi connectivity index (χ1) is 10.9. The standard InChI is InChI=1S/C17H15NO5/c1-10-5-3-4-6-12(10)15(19)18-14-8-7-11(16(20)21)9-13(14)17(22)23-2/h3-9H,1-2H3,(H,18,19)(H,20,21). The van der Waals surface area contributed by atoms with E-state index in [1.54, 1.807) is 25.1 Å². The number of ether oxygens (including phenoxy) is 1. The van der Waals surface area contributed by atoms with Crippen LogP contribution in [0.2, 0.25) is 0 Å². The van der Waals surface area contributed by atoms with E-state index in [4.69, 9.17) is 5.11 Å². The summed E-state index contributed by atoms with van der Waals surface area (Å²) in [6, 6.07) is 10.8. The van der Waals surface area contributed by atoms with Crippen LogP contribution in [0.3, 0.4) is 0 Å². The summed E-state index contributed by atoms with van der Waals surface area (Å²) in [6.45, 7) is 1.80. The molecule has 0 aliphatic carbocycles. The van der Waals surface area contributed by atoms with Crippen LogP contribution in [0.15, 0.2) is 42.5 Å². The summed E-state index contributed by atoms with van der Waals surface area (Å²) in [6.07, 6.45) is 0. The monoisotopic (exact) mass is 313 g/mol. The molecule has 0 fully saturated rings. The van der Waals surface area contributed by atoms with Crippen LogP contribution in [0.4, 0.5) is 5.69 Å². The highest BCUT2D eigenvalue weighted by Gasteiger charge is 2.18. The molecule has 0 spiro atoms. The average molecular weight is 313 g/mol. The van der Waals surface area contributed by atoms with Gasteiger partial charge in [0.05, 0.1) is 23.9 Å². The molecule has 0 aliphatic rings. The van der Waals surface area contributed by atoms with Crippen molar-refractivity contribution in [3.8, 4) is 0 Å². The van der Waals surface area contributed by atoms with Crippen LogP contribution in [0, 0.1) is 6.92 Å². The van der Waals surface area contributed by atoms with Crippen LogP contribution >= 0.6 is 0 Å². The molecule has 6 nitrogen and oxygen atoms in total. The molecule has 2 aromatic carbocycles. The number of carboxylic acid groups (broad SMARTS) is 1. The second-order valence-corrected chi connectivity index (χ2v) is 4.83. The van der Waals surface area contributed by atoms with Gasteiger partial charge in [-0.25, -0.2) is 9.59 Å². The molecule has 6 heteroatoms. The Kier molecular flexibility index (Phi) is 4.75. The predicted octanol–water partition coefficient (Wildman–Crippen LogP) is 2.73. The highest BCUT2D eigenvalue weighted by molar-refractivity contribution is 6.09. The number of hydrogen-bond acceptors (Lipinski definition) is 4. The number of carbonyl (C=O) groups excluding carboxylic acids is 2. The Hall–Kier alpha value is -3.15. The van der Waals surface area contributed by atoms with Gasteiger partial charge in [-0.3, -0.25) is 4.79 Å². The maximum Gasteiger partial charge on any atom is 0.340 e. The maximum atomic E-state index is 12.3. The number of methoxy groups -OCH3 is 1. The molecule has 2 aromatic rings. The van der Waals surface area contributed by atoms with E-state index >= 15 is 0 Å². The van der Waals surface area contributed by atoms with Crippen LogP contribution in [0.25, 0.3) is 0 Å². The number of aromatic carboxylic acids is 1. The maximum absolute atomic E-state index is 12.3. The molecule has 0 unspecified atom stereocenters. The number of hydrogen-bond donors (Lipinski definition) is 2. The van der Waals surface area contributed by atoms with Gasteiger partial charge in [-0.05, 0) is 36.8 Å². The van der Waals surface area contributed by atoms with E-state index in [0.717, 1.165) is 5.56 Å². The van der Waals surface area contributed by atoms with Gasteiger partial charge in [0.1, 0.15) is 0 Å². The number of anilines is 1. The average Bonchev–Trinajstić information content (AvgIpc) is 2.54. The summed E-state index contributed by atoms with van der Waals surface area (Å²) in [5, 5.41) is 11.6. The smallest absolute Gasteiger partial charge is 0.340 e. The molecule has 0 radical (unpaired) electrons.